The molecular formula is C25H30N4O2. The Hall–Kier alpha value is -3.25. The average Bonchev–Trinajstić information content (AvgIpc) is 2.83. The Labute approximate surface area is 183 Å². The van der Waals surface area contributed by atoms with E-state index < -0.39 is 0 Å². The molecule has 2 amide bonds. The Bertz CT molecular complexity index is 993. The summed E-state index contributed by atoms with van der Waals surface area (Å²) in [5, 5.41) is 8.34. The monoisotopic (exact) mass is 418 g/mol. The Morgan fingerprint density at radius 2 is 1.65 bits per heavy atom. The van der Waals surface area contributed by atoms with Crippen LogP contribution >= 0.6 is 0 Å². The van der Waals surface area contributed by atoms with Crippen LogP contribution < -0.4 is 20.3 Å². The fourth-order valence-corrected chi connectivity index (χ4v) is 4.03. The molecule has 1 aliphatic rings. The van der Waals surface area contributed by atoms with Gasteiger partial charge in [-0.15, -0.1) is 0 Å². The van der Waals surface area contributed by atoms with Crippen molar-refractivity contribution in [1.82, 2.24) is 15.5 Å². The number of rotatable bonds is 7. The molecule has 0 aliphatic carbocycles. The Kier molecular flexibility index (Phi) is 6.89. The number of ether oxygens (including phenoxy) is 1. The van der Waals surface area contributed by atoms with Crippen LogP contribution in [-0.4, -0.2) is 57.3 Å². The molecule has 0 aromatic heterocycles. The van der Waals surface area contributed by atoms with Gasteiger partial charge in [-0.25, -0.2) is 4.79 Å². The molecule has 6 heteroatoms. The van der Waals surface area contributed by atoms with E-state index in [1.54, 1.807) is 7.11 Å². The highest BCUT2D eigenvalue weighted by Crippen LogP contribution is 2.20. The second kappa shape index (κ2) is 10.2. The third-order valence-electron chi connectivity index (χ3n) is 5.84. The predicted octanol–water partition coefficient (Wildman–Crippen LogP) is 3.47. The highest BCUT2D eigenvalue weighted by atomic mass is 16.5. The first kappa shape index (κ1) is 21.0. The van der Waals surface area contributed by atoms with Crippen molar-refractivity contribution in [2.45, 2.75) is 6.54 Å². The van der Waals surface area contributed by atoms with E-state index in [2.05, 4.69) is 56.8 Å². The molecule has 4 rings (SSSR count). The minimum atomic E-state index is -0.121. The summed E-state index contributed by atoms with van der Waals surface area (Å²) in [5.41, 5.74) is 2.36. The minimum Gasteiger partial charge on any atom is -0.497 e. The van der Waals surface area contributed by atoms with Crippen LogP contribution in [0.25, 0.3) is 10.8 Å². The average molecular weight is 419 g/mol. The lowest BCUT2D eigenvalue weighted by molar-refractivity contribution is 0.232. The molecule has 2 N–H and O–H groups in total. The van der Waals surface area contributed by atoms with Gasteiger partial charge in [-0.05, 0) is 40.6 Å². The maximum Gasteiger partial charge on any atom is 0.315 e. The summed E-state index contributed by atoms with van der Waals surface area (Å²) in [5.74, 6) is 0.882. The lowest BCUT2D eigenvalue weighted by Gasteiger charge is -2.36. The summed E-state index contributed by atoms with van der Waals surface area (Å²) < 4.78 is 5.23. The number of piperazine rings is 1. The molecule has 0 atom stereocenters. The van der Waals surface area contributed by atoms with Gasteiger partial charge in [-0.1, -0.05) is 42.5 Å². The topological polar surface area (TPSA) is 56.8 Å². The molecule has 0 radical (unpaired) electrons. The Morgan fingerprint density at radius 1 is 0.903 bits per heavy atom. The highest BCUT2D eigenvalue weighted by molar-refractivity contribution is 5.86. The van der Waals surface area contributed by atoms with Gasteiger partial charge in [-0.2, -0.15) is 0 Å². The molecular weight excluding hydrogens is 388 g/mol. The smallest absolute Gasteiger partial charge is 0.315 e. The first-order valence-corrected chi connectivity index (χ1v) is 10.8. The van der Waals surface area contributed by atoms with Gasteiger partial charge < -0.3 is 20.3 Å². The summed E-state index contributed by atoms with van der Waals surface area (Å²) in [6, 6.07) is 22.5. The molecule has 0 saturated carbocycles. The van der Waals surface area contributed by atoms with Gasteiger partial charge in [0.2, 0.25) is 0 Å². The number of carbonyl (C=O) groups is 1. The SMILES string of the molecule is COc1ccc(N2CCN(CCNC(=O)NCc3cccc4ccccc34)CC2)cc1. The van der Waals surface area contributed by atoms with E-state index in [1.807, 2.05) is 30.3 Å². The number of hydrogen-bond donors (Lipinski definition) is 2. The lowest BCUT2D eigenvalue weighted by Crippen LogP contribution is -2.49. The number of anilines is 1. The van der Waals surface area contributed by atoms with Gasteiger partial charge >= 0.3 is 6.03 Å². The van der Waals surface area contributed by atoms with Crippen molar-refractivity contribution in [2.24, 2.45) is 0 Å². The van der Waals surface area contributed by atoms with E-state index in [0.717, 1.165) is 44.0 Å². The van der Waals surface area contributed by atoms with E-state index in [1.165, 1.54) is 16.5 Å². The molecule has 0 spiro atoms. The fourth-order valence-electron chi connectivity index (χ4n) is 4.03. The molecule has 162 valence electrons. The van der Waals surface area contributed by atoms with Crippen LogP contribution in [0.15, 0.2) is 66.7 Å². The normalized spacial score (nSPS) is 14.4. The molecule has 1 heterocycles. The number of fused-ring (bicyclic) bond motifs is 1. The van der Waals surface area contributed by atoms with Gasteiger partial charge in [0.15, 0.2) is 0 Å². The summed E-state index contributed by atoms with van der Waals surface area (Å²) in [6.45, 7) is 5.98. The van der Waals surface area contributed by atoms with E-state index in [4.69, 9.17) is 4.74 Å². The van der Waals surface area contributed by atoms with E-state index in [0.29, 0.717) is 13.1 Å². The first-order chi connectivity index (χ1) is 15.2. The van der Waals surface area contributed by atoms with Crippen LogP contribution in [0, 0.1) is 0 Å². The van der Waals surface area contributed by atoms with Crippen molar-refractivity contribution in [3.8, 4) is 5.75 Å². The largest absolute Gasteiger partial charge is 0.497 e. The fraction of sp³-hybridized carbons (Fsp3) is 0.320. The van der Waals surface area contributed by atoms with Crippen molar-refractivity contribution >= 4 is 22.5 Å². The summed E-state index contributed by atoms with van der Waals surface area (Å²) in [4.78, 5) is 17.0. The number of benzene rings is 3. The third kappa shape index (κ3) is 5.47. The zero-order valence-corrected chi connectivity index (χ0v) is 18.0. The van der Waals surface area contributed by atoms with Gasteiger partial charge in [0, 0.05) is 51.5 Å². The number of carbonyl (C=O) groups excluding carboxylic acids is 1. The molecule has 1 fully saturated rings. The highest BCUT2D eigenvalue weighted by Gasteiger charge is 2.17. The van der Waals surface area contributed by atoms with Crippen LogP contribution in [-0.2, 0) is 6.54 Å². The zero-order valence-electron chi connectivity index (χ0n) is 18.0. The van der Waals surface area contributed by atoms with Gasteiger partial charge in [0.05, 0.1) is 7.11 Å². The van der Waals surface area contributed by atoms with Crippen LogP contribution in [0.4, 0.5) is 10.5 Å². The molecule has 31 heavy (non-hydrogen) atoms. The van der Waals surface area contributed by atoms with Crippen LogP contribution in [0.2, 0.25) is 0 Å². The number of urea groups is 1. The standard InChI is InChI=1S/C25H30N4O2/c1-31-23-11-9-22(10-12-23)29-17-15-28(16-18-29)14-13-26-25(30)27-19-21-7-4-6-20-5-2-3-8-24(20)21/h2-12H,13-19H2,1H3,(H2,26,27,30). The number of hydrogen-bond acceptors (Lipinski definition) is 4. The van der Waals surface area contributed by atoms with Crippen molar-refractivity contribution in [1.29, 1.82) is 0 Å². The van der Waals surface area contributed by atoms with Gasteiger partial charge in [0.25, 0.3) is 0 Å². The predicted molar refractivity (Wildman–Crippen MR) is 126 cm³/mol. The first-order valence-electron chi connectivity index (χ1n) is 10.8. The Morgan fingerprint density at radius 3 is 2.42 bits per heavy atom. The van der Waals surface area contributed by atoms with Gasteiger partial charge in [-0.3, -0.25) is 4.90 Å². The summed E-state index contributed by atoms with van der Waals surface area (Å²) in [6.07, 6.45) is 0. The second-order valence-electron chi connectivity index (χ2n) is 7.77. The molecule has 0 bridgehead atoms. The molecule has 6 nitrogen and oxygen atoms in total. The van der Waals surface area contributed by atoms with Crippen LogP contribution in [0.3, 0.4) is 0 Å². The molecule has 3 aromatic carbocycles. The summed E-state index contributed by atoms with van der Waals surface area (Å²) >= 11 is 0. The maximum atomic E-state index is 12.2. The molecule has 3 aromatic rings. The number of methoxy groups -OCH3 is 1. The third-order valence-corrected chi connectivity index (χ3v) is 5.84. The van der Waals surface area contributed by atoms with Crippen LogP contribution in [0.1, 0.15) is 5.56 Å². The Balaban J connectivity index is 1.16. The second-order valence-corrected chi connectivity index (χ2v) is 7.77. The zero-order chi connectivity index (χ0) is 21.5. The molecule has 1 saturated heterocycles. The summed E-state index contributed by atoms with van der Waals surface area (Å²) in [7, 11) is 1.69. The van der Waals surface area contributed by atoms with Crippen molar-refractivity contribution in [3.63, 3.8) is 0 Å². The van der Waals surface area contributed by atoms with Crippen molar-refractivity contribution in [2.75, 3.05) is 51.3 Å². The van der Waals surface area contributed by atoms with Crippen molar-refractivity contribution < 1.29 is 9.53 Å². The number of amides is 2. The van der Waals surface area contributed by atoms with Crippen molar-refractivity contribution in [3.05, 3.63) is 72.3 Å². The van der Waals surface area contributed by atoms with E-state index >= 15 is 0 Å². The quantitative estimate of drug-likeness (QED) is 0.617. The van der Waals surface area contributed by atoms with E-state index in [9.17, 15) is 4.79 Å². The van der Waals surface area contributed by atoms with Gasteiger partial charge in [0.1, 0.15) is 5.75 Å². The number of nitrogens with zero attached hydrogens (tertiary/aromatic N) is 2. The molecule has 1 aliphatic heterocycles. The minimum absolute atomic E-state index is 0.121. The van der Waals surface area contributed by atoms with E-state index in [-0.39, 0.29) is 6.03 Å². The molecule has 0 unspecified atom stereocenters. The lowest BCUT2D eigenvalue weighted by atomic mass is 10.0. The van der Waals surface area contributed by atoms with Crippen LogP contribution in [0.5, 0.6) is 5.75 Å². The maximum absolute atomic E-state index is 12.2. The number of nitrogens with one attached hydrogen (secondary N) is 2.